The minimum atomic E-state index is 0. The summed E-state index contributed by atoms with van der Waals surface area (Å²) in [6.07, 6.45) is 1.62. The predicted molar refractivity (Wildman–Crippen MR) is 38.0 cm³/mol. The zero-order valence-corrected chi connectivity index (χ0v) is 7.69. The molecule has 0 bridgehead atoms. The van der Waals surface area contributed by atoms with Crippen LogP contribution in [0.2, 0.25) is 15.2 Å². The van der Waals surface area contributed by atoms with Crippen molar-refractivity contribution in [3.63, 3.8) is 0 Å². The molecule has 0 atom stereocenters. The Hall–Kier alpha value is 0.310. The number of aromatic nitrogens is 1. The summed E-state index contributed by atoms with van der Waals surface area (Å²) in [5.41, 5.74) is 0. The predicted octanol–water partition coefficient (Wildman–Crippen LogP) is -0.535. The summed E-state index contributed by atoms with van der Waals surface area (Å²) in [5, 5.41) is 1.19. The van der Waals surface area contributed by atoms with Crippen molar-refractivity contribution in [2.45, 2.75) is 0 Å². The van der Waals surface area contributed by atoms with Crippen molar-refractivity contribution in [2.75, 3.05) is 0 Å². The second-order valence-corrected chi connectivity index (χ2v) is 2.62. The van der Waals surface area contributed by atoms with Gasteiger partial charge in [0.05, 0.1) is 5.02 Å². The smallest absolute Gasteiger partial charge is 0.293 e. The van der Waals surface area contributed by atoms with Crippen LogP contribution >= 0.6 is 34.8 Å². The third-order valence-electron chi connectivity index (χ3n) is 0.842. The Balaban J connectivity index is 0.000000810. The molecule has 0 fully saturated rings. The molecule has 1 aromatic heterocycles. The van der Waals surface area contributed by atoms with E-state index in [0.717, 1.165) is 0 Å². The Kier molecular flexibility index (Phi) is 4.37. The Bertz CT molecular complexity index is 205. The van der Waals surface area contributed by atoms with Crippen LogP contribution in [-0.4, -0.2) is 0 Å². The number of rotatable bonds is 0. The van der Waals surface area contributed by atoms with Gasteiger partial charge in [0.15, 0.2) is 6.20 Å². The van der Waals surface area contributed by atoms with Crippen LogP contribution in [0.4, 0.5) is 0 Å². The van der Waals surface area contributed by atoms with Gasteiger partial charge in [-0.05, 0) is 11.6 Å². The van der Waals surface area contributed by atoms with Gasteiger partial charge in [-0.15, -0.1) is 0 Å². The van der Waals surface area contributed by atoms with E-state index in [1.165, 1.54) is 0 Å². The third-order valence-corrected chi connectivity index (χ3v) is 2.04. The fraction of sp³-hybridized carbons (Fsp3) is 0. The van der Waals surface area contributed by atoms with E-state index >= 15 is 0 Å². The standard InChI is InChI=1S/C5H2Cl3N.ClH/c6-3-1-2-9-5(8)4(3)7;/h1-2H;1H. The summed E-state index contributed by atoms with van der Waals surface area (Å²) >= 11 is 16.7. The van der Waals surface area contributed by atoms with Crippen LogP contribution in [0.15, 0.2) is 12.3 Å². The molecular weight excluding hydrogens is 216 g/mol. The first-order chi connectivity index (χ1) is 4.22. The molecule has 1 N–H and O–H groups in total. The maximum absolute atomic E-state index is 5.58. The Morgan fingerprint density at radius 2 is 1.80 bits per heavy atom. The topological polar surface area (TPSA) is 14.1 Å². The Morgan fingerprint density at radius 3 is 2.20 bits per heavy atom. The number of halogens is 4. The van der Waals surface area contributed by atoms with Crippen molar-refractivity contribution in [3.8, 4) is 0 Å². The van der Waals surface area contributed by atoms with Crippen LogP contribution in [0.3, 0.4) is 0 Å². The van der Waals surface area contributed by atoms with Gasteiger partial charge in [0, 0.05) is 6.07 Å². The van der Waals surface area contributed by atoms with Crippen molar-refractivity contribution in [1.29, 1.82) is 0 Å². The van der Waals surface area contributed by atoms with Crippen LogP contribution in [0, 0.1) is 0 Å². The Labute approximate surface area is 79.7 Å². The molecule has 0 aliphatic carbocycles. The maximum Gasteiger partial charge on any atom is 0.293 e. The zero-order valence-electron chi connectivity index (χ0n) is 4.67. The highest BCUT2D eigenvalue weighted by Gasteiger charge is 2.06. The lowest BCUT2D eigenvalue weighted by Gasteiger charge is -1.87. The van der Waals surface area contributed by atoms with E-state index in [2.05, 4.69) is 4.98 Å². The van der Waals surface area contributed by atoms with Crippen molar-refractivity contribution in [1.82, 2.24) is 0 Å². The molecule has 0 aliphatic rings. The van der Waals surface area contributed by atoms with Gasteiger partial charge in [-0.3, -0.25) is 0 Å². The lowest BCUT2D eigenvalue weighted by Crippen LogP contribution is -3.00. The van der Waals surface area contributed by atoms with Gasteiger partial charge in [-0.2, -0.15) is 0 Å². The lowest BCUT2D eigenvalue weighted by atomic mass is 10.5. The molecular formula is C5H3Cl4N. The quantitative estimate of drug-likeness (QED) is 0.520. The molecule has 5 heteroatoms. The summed E-state index contributed by atoms with van der Waals surface area (Å²) in [7, 11) is 0. The van der Waals surface area contributed by atoms with Gasteiger partial charge in [-0.25, -0.2) is 4.98 Å². The van der Waals surface area contributed by atoms with Crippen LogP contribution in [0.5, 0.6) is 0 Å². The zero-order chi connectivity index (χ0) is 6.85. The fourth-order valence-corrected chi connectivity index (χ4v) is 0.918. The SMILES string of the molecule is Clc1cc[nH+]c(Cl)c1Cl.[Cl-]. The van der Waals surface area contributed by atoms with E-state index in [1.807, 2.05) is 0 Å². The monoisotopic (exact) mass is 217 g/mol. The average Bonchev–Trinajstić information content (AvgIpc) is 1.83. The van der Waals surface area contributed by atoms with Gasteiger partial charge in [0.25, 0.3) is 5.15 Å². The van der Waals surface area contributed by atoms with Crippen molar-refractivity contribution in [2.24, 2.45) is 0 Å². The van der Waals surface area contributed by atoms with Crippen LogP contribution in [0.25, 0.3) is 0 Å². The number of pyridine rings is 1. The van der Waals surface area contributed by atoms with E-state index in [9.17, 15) is 0 Å². The number of nitrogens with one attached hydrogen (secondary N) is 1. The molecule has 0 saturated heterocycles. The first kappa shape index (κ1) is 10.3. The largest absolute Gasteiger partial charge is 1.00 e. The molecule has 0 amide bonds. The molecule has 1 nitrogen and oxygen atoms in total. The first-order valence-electron chi connectivity index (χ1n) is 2.23. The van der Waals surface area contributed by atoms with E-state index in [0.29, 0.717) is 15.2 Å². The Morgan fingerprint density at radius 1 is 1.20 bits per heavy atom. The second kappa shape index (κ2) is 4.24. The van der Waals surface area contributed by atoms with Crippen molar-refractivity contribution >= 4 is 34.8 Å². The minimum Gasteiger partial charge on any atom is -1.00 e. The number of aromatic amines is 1. The van der Waals surface area contributed by atoms with Crippen LogP contribution in [-0.2, 0) is 0 Å². The molecule has 56 valence electrons. The first-order valence-corrected chi connectivity index (χ1v) is 3.36. The van der Waals surface area contributed by atoms with Crippen LogP contribution < -0.4 is 17.4 Å². The molecule has 0 unspecified atom stereocenters. The summed E-state index contributed by atoms with van der Waals surface area (Å²) in [5.74, 6) is 0. The van der Waals surface area contributed by atoms with Gasteiger partial charge in [0.1, 0.15) is 5.02 Å². The molecule has 0 spiro atoms. The summed E-state index contributed by atoms with van der Waals surface area (Å²) in [4.78, 5) is 2.69. The van der Waals surface area contributed by atoms with Crippen LogP contribution in [0.1, 0.15) is 0 Å². The van der Waals surface area contributed by atoms with Gasteiger partial charge in [-0.1, -0.05) is 23.2 Å². The fourth-order valence-electron chi connectivity index (χ4n) is 0.429. The molecule has 10 heavy (non-hydrogen) atoms. The summed E-state index contributed by atoms with van der Waals surface area (Å²) < 4.78 is 0. The lowest BCUT2D eigenvalue weighted by molar-refractivity contribution is -0.375. The molecule has 0 aliphatic heterocycles. The molecule has 1 aromatic rings. The summed E-state index contributed by atoms with van der Waals surface area (Å²) in [6, 6.07) is 1.63. The van der Waals surface area contributed by atoms with E-state index in [1.54, 1.807) is 12.3 Å². The molecule has 0 saturated carbocycles. The normalized spacial score (nSPS) is 8.70. The van der Waals surface area contributed by atoms with Crippen molar-refractivity contribution < 1.29 is 17.4 Å². The van der Waals surface area contributed by atoms with E-state index < -0.39 is 0 Å². The van der Waals surface area contributed by atoms with E-state index in [-0.39, 0.29) is 12.4 Å². The second-order valence-electron chi connectivity index (χ2n) is 1.45. The number of H-pyrrole nitrogens is 1. The summed E-state index contributed by atoms with van der Waals surface area (Å²) in [6.45, 7) is 0. The minimum absolute atomic E-state index is 0. The highest BCUT2D eigenvalue weighted by Crippen LogP contribution is 2.24. The van der Waals surface area contributed by atoms with Gasteiger partial charge >= 0.3 is 0 Å². The number of hydrogen-bond donors (Lipinski definition) is 0. The van der Waals surface area contributed by atoms with Crippen molar-refractivity contribution in [3.05, 3.63) is 27.5 Å². The highest BCUT2D eigenvalue weighted by atomic mass is 35.5. The molecule has 0 aromatic carbocycles. The highest BCUT2D eigenvalue weighted by molar-refractivity contribution is 6.46. The molecule has 1 rings (SSSR count). The maximum atomic E-state index is 5.58. The number of hydrogen-bond acceptors (Lipinski definition) is 0. The molecule has 1 heterocycles. The van der Waals surface area contributed by atoms with Gasteiger partial charge < -0.3 is 12.4 Å². The average molecular weight is 219 g/mol. The van der Waals surface area contributed by atoms with E-state index in [4.69, 9.17) is 34.8 Å². The third kappa shape index (κ3) is 2.17. The van der Waals surface area contributed by atoms with Gasteiger partial charge in [0.2, 0.25) is 0 Å². The molecule has 0 radical (unpaired) electrons.